The van der Waals surface area contributed by atoms with Gasteiger partial charge >= 0.3 is 0 Å². The fourth-order valence-electron chi connectivity index (χ4n) is 2.70. The largest absolute Gasteiger partial charge is 0.352 e. The van der Waals surface area contributed by atoms with Crippen LogP contribution in [-0.4, -0.2) is 48.8 Å². The normalized spacial score (nSPS) is 36.1. The Morgan fingerprint density at radius 2 is 1.89 bits per heavy atom. The summed E-state index contributed by atoms with van der Waals surface area (Å²) < 4.78 is 30.9. The molecule has 2 atom stereocenters. The topological polar surface area (TPSA) is 122 Å². The standard InChI is InChI=1S/C11H21N3O4S/c12-7-1-3-8(4-2-7)14-11(15)10-5-9(6-13-10)19(16,17)18/h7-10,13H,1-6,12H2,(H,14,15)(H,16,17,18)/t7-,8-,9-,10+/m1/s1. The van der Waals surface area contributed by atoms with Gasteiger partial charge in [-0.15, -0.1) is 0 Å². The second kappa shape index (κ2) is 5.74. The van der Waals surface area contributed by atoms with Gasteiger partial charge in [0.15, 0.2) is 0 Å². The Labute approximate surface area is 113 Å². The van der Waals surface area contributed by atoms with E-state index in [-0.39, 0.29) is 31.0 Å². The van der Waals surface area contributed by atoms with Gasteiger partial charge in [-0.05, 0) is 32.1 Å². The van der Waals surface area contributed by atoms with E-state index in [4.69, 9.17) is 10.3 Å². The van der Waals surface area contributed by atoms with E-state index in [0.717, 1.165) is 25.7 Å². The molecule has 1 saturated carbocycles. The van der Waals surface area contributed by atoms with Crippen LogP contribution in [0.4, 0.5) is 0 Å². The summed E-state index contributed by atoms with van der Waals surface area (Å²) in [5, 5.41) is 4.87. The second-order valence-corrected chi connectivity index (χ2v) is 7.15. The first-order valence-corrected chi connectivity index (χ1v) is 8.12. The molecule has 0 aromatic heterocycles. The van der Waals surface area contributed by atoms with E-state index in [1.54, 1.807) is 0 Å². The van der Waals surface area contributed by atoms with Gasteiger partial charge in [0.2, 0.25) is 5.91 Å². The third-order valence-corrected chi connectivity index (χ3v) is 5.15. The highest BCUT2D eigenvalue weighted by Gasteiger charge is 2.36. The van der Waals surface area contributed by atoms with Crippen molar-refractivity contribution < 1.29 is 17.8 Å². The lowest BCUT2D eigenvalue weighted by Crippen LogP contribution is -2.47. The van der Waals surface area contributed by atoms with Crippen LogP contribution in [0.15, 0.2) is 0 Å². The molecule has 0 aromatic rings. The highest BCUT2D eigenvalue weighted by Crippen LogP contribution is 2.18. The highest BCUT2D eigenvalue weighted by molar-refractivity contribution is 7.86. The predicted octanol–water partition coefficient (Wildman–Crippen LogP) is -1.01. The van der Waals surface area contributed by atoms with Crippen molar-refractivity contribution in [1.82, 2.24) is 10.6 Å². The summed E-state index contributed by atoms with van der Waals surface area (Å²) in [4.78, 5) is 12.0. The van der Waals surface area contributed by atoms with E-state index in [1.165, 1.54) is 0 Å². The van der Waals surface area contributed by atoms with Gasteiger partial charge in [-0.1, -0.05) is 0 Å². The predicted molar refractivity (Wildman–Crippen MR) is 70.1 cm³/mol. The molecule has 8 heteroatoms. The summed E-state index contributed by atoms with van der Waals surface area (Å²) in [6, 6.07) is -0.192. The molecule has 19 heavy (non-hydrogen) atoms. The third kappa shape index (κ3) is 3.88. The molecular formula is C11H21N3O4S. The average molecular weight is 291 g/mol. The number of carbonyl (C=O) groups is 1. The maximum atomic E-state index is 12.0. The molecule has 110 valence electrons. The van der Waals surface area contributed by atoms with Crippen LogP contribution < -0.4 is 16.4 Å². The maximum absolute atomic E-state index is 12.0. The van der Waals surface area contributed by atoms with Gasteiger partial charge < -0.3 is 16.4 Å². The number of nitrogens with two attached hydrogens (primary N) is 1. The van der Waals surface area contributed by atoms with Gasteiger partial charge in [0.05, 0.1) is 6.04 Å². The lowest BCUT2D eigenvalue weighted by Gasteiger charge is -2.27. The third-order valence-electron chi connectivity index (χ3n) is 3.95. The summed E-state index contributed by atoms with van der Waals surface area (Å²) >= 11 is 0. The number of nitrogens with one attached hydrogen (secondary N) is 2. The SMILES string of the molecule is N[C@H]1CC[C@H](NC(=O)[C@@H]2C[C@@H](S(=O)(=O)O)CN2)CC1. The van der Waals surface area contributed by atoms with E-state index >= 15 is 0 Å². The molecule has 2 rings (SSSR count). The van der Waals surface area contributed by atoms with Crippen LogP contribution in [-0.2, 0) is 14.9 Å². The Balaban J connectivity index is 1.82. The minimum Gasteiger partial charge on any atom is -0.352 e. The molecule has 1 saturated heterocycles. The zero-order valence-electron chi connectivity index (χ0n) is 10.7. The zero-order chi connectivity index (χ0) is 14.0. The van der Waals surface area contributed by atoms with E-state index in [2.05, 4.69) is 10.6 Å². The Bertz CT molecular complexity index is 431. The Morgan fingerprint density at radius 3 is 2.42 bits per heavy atom. The van der Waals surface area contributed by atoms with Crippen LogP contribution in [0.5, 0.6) is 0 Å². The van der Waals surface area contributed by atoms with E-state index in [1.807, 2.05) is 0 Å². The Hall–Kier alpha value is -0.700. The molecule has 5 N–H and O–H groups in total. The van der Waals surface area contributed by atoms with Crippen LogP contribution >= 0.6 is 0 Å². The molecule has 1 amide bonds. The van der Waals surface area contributed by atoms with Gasteiger partial charge in [-0.25, -0.2) is 0 Å². The molecule has 2 fully saturated rings. The van der Waals surface area contributed by atoms with Crippen molar-refractivity contribution in [2.75, 3.05) is 6.54 Å². The van der Waals surface area contributed by atoms with Crippen molar-refractivity contribution >= 4 is 16.0 Å². The minimum atomic E-state index is -4.07. The Morgan fingerprint density at radius 1 is 1.26 bits per heavy atom. The number of carbonyl (C=O) groups excluding carboxylic acids is 1. The highest BCUT2D eigenvalue weighted by atomic mass is 32.2. The van der Waals surface area contributed by atoms with Gasteiger partial charge in [0.1, 0.15) is 5.25 Å². The van der Waals surface area contributed by atoms with E-state index < -0.39 is 21.4 Å². The number of hydrogen-bond donors (Lipinski definition) is 4. The minimum absolute atomic E-state index is 0.118. The van der Waals surface area contributed by atoms with Crippen molar-refractivity contribution in [2.24, 2.45) is 5.73 Å². The molecule has 0 radical (unpaired) electrons. The lowest BCUT2D eigenvalue weighted by molar-refractivity contribution is -0.123. The summed E-state index contributed by atoms with van der Waals surface area (Å²) in [6.45, 7) is 0.118. The van der Waals surface area contributed by atoms with E-state index in [9.17, 15) is 13.2 Å². The Kier molecular flexibility index (Phi) is 4.44. The first-order valence-electron chi connectivity index (χ1n) is 6.62. The monoisotopic (exact) mass is 291 g/mol. The average Bonchev–Trinajstić information content (AvgIpc) is 2.81. The summed E-state index contributed by atoms with van der Waals surface area (Å²) in [7, 11) is -4.07. The van der Waals surface area contributed by atoms with Gasteiger partial charge in [0.25, 0.3) is 10.1 Å². The summed E-state index contributed by atoms with van der Waals surface area (Å²) in [5.74, 6) is -0.188. The second-order valence-electron chi connectivity index (χ2n) is 5.45. The van der Waals surface area contributed by atoms with E-state index in [0.29, 0.717) is 0 Å². The first kappa shape index (κ1) is 14.7. The fourth-order valence-corrected chi connectivity index (χ4v) is 3.44. The quantitative estimate of drug-likeness (QED) is 0.494. The molecule has 7 nitrogen and oxygen atoms in total. The van der Waals surface area contributed by atoms with Crippen LogP contribution in [0.3, 0.4) is 0 Å². The smallest absolute Gasteiger partial charge is 0.269 e. The van der Waals surface area contributed by atoms with Crippen molar-refractivity contribution in [2.45, 2.75) is 55.5 Å². The van der Waals surface area contributed by atoms with Gasteiger partial charge in [-0.2, -0.15) is 8.42 Å². The molecule has 1 heterocycles. The number of hydrogen-bond acceptors (Lipinski definition) is 5. The van der Waals surface area contributed by atoms with Crippen LogP contribution in [0.2, 0.25) is 0 Å². The molecule has 0 bridgehead atoms. The number of rotatable bonds is 3. The molecule has 0 spiro atoms. The lowest BCUT2D eigenvalue weighted by atomic mass is 9.91. The molecule has 0 unspecified atom stereocenters. The fraction of sp³-hybridized carbons (Fsp3) is 0.909. The molecule has 2 aliphatic rings. The van der Waals surface area contributed by atoms with Crippen LogP contribution in [0.1, 0.15) is 32.1 Å². The number of amides is 1. The maximum Gasteiger partial charge on any atom is 0.269 e. The van der Waals surface area contributed by atoms with Crippen LogP contribution in [0.25, 0.3) is 0 Å². The van der Waals surface area contributed by atoms with Crippen molar-refractivity contribution in [3.8, 4) is 0 Å². The van der Waals surface area contributed by atoms with Crippen molar-refractivity contribution in [3.63, 3.8) is 0 Å². The first-order chi connectivity index (χ1) is 8.86. The van der Waals surface area contributed by atoms with Gasteiger partial charge in [0, 0.05) is 18.6 Å². The van der Waals surface area contributed by atoms with Crippen LogP contribution in [0, 0.1) is 0 Å². The molecule has 1 aliphatic heterocycles. The molecular weight excluding hydrogens is 270 g/mol. The van der Waals surface area contributed by atoms with Crippen molar-refractivity contribution in [1.29, 1.82) is 0 Å². The molecule has 0 aromatic carbocycles. The molecule has 1 aliphatic carbocycles. The zero-order valence-corrected chi connectivity index (χ0v) is 11.5. The summed E-state index contributed by atoms with van der Waals surface area (Å²) in [5.41, 5.74) is 5.80. The van der Waals surface area contributed by atoms with Crippen molar-refractivity contribution in [3.05, 3.63) is 0 Å². The van der Waals surface area contributed by atoms with Gasteiger partial charge in [-0.3, -0.25) is 9.35 Å². The summed E-state index contributed by atoms with van der Waals surface area (Å²) in [6.07, 6.45) is 3.65.